The molecular weight excluding hydrogens is 258 g/mol. The average Bonchev–Trinajstić information content (AvgIpc) is 3.26. The molecule has 0 aliphatic heterocycles. The van der Waals surface area contributed by atoms with E-state index in [0.29, 0.717) is 30.5 Å². The van der Waals surface area contributed by atoms with Gasteiger partial charge in [-0.2, -0.15) is 0 Å². The first-order chi connectivity index (χ1) is 9.69. The van der Waals surface area contributed by atoms with Crippen molar-refractivity contribution in [2.45, 2.75) is 18.9 Å². The van der Waals surface area contributed by atoms with Gasteiger partial charge >= 0.3 is 0 Å². The lowest BCUT2D eigenvalue weighted by atomic mass is 10.2. The van der Waals surface area contributed by atoms with Crippen LogP contribution < -0.4 is 21.1 Å². The van der Waals surface area contributed by atoms with E-state index in [0.717, 1.165) is 12.8 Å². The van der Waals surface area contributed by atoms with Gasteiger partial charge in [-0.1, -0.05) is 6.07 Å². The largest absolute Gasteiger partial charge is 0.492 e. The Hall–Kier alpha value is -2.08. The van der Waals surface area contributed by atoms with Crippen molar-refractivity contribution in [1.29, 1.82) is 0 Å². The number of carbonyl (C=O) groups excluding carboxylic acids is 2. The van der Waals surface area contributed by atoms with Crippen LogP contribution in [0.1, 0.15) is 23.2 Å². The molecule has 0 atom stereocenters. The van der Waals surface area contributed by atoms with Gasteiger partial charge in [-0.15, -0.1) is 0 Å². The standard InChI is InChI=1S/C14H19N3O3/c15-6-7-20-12-3-1-2-10(8-12)14(19)16-9-13(18)17-11-4-5-11/h1-3,8,11H,4-7,9,15H2,(H,16,19)(H,17,18). The minimum atomic E-state index is -0.297. The molecule has 108 valence electrons. The van der Waals surface area contributed by atoms with Crippen LogP contribution in [0.15, 0.2) is 24.3 Å². The third-order valence-corrected chi connectivity index (χ3v) is 2.83. The maximum atomic E-state index is 11.9. The van der Waals surface area contributed by atoms with Gasteiger partial charge in [0, 0.05) is 18.2 Å². The fourth-order valence-electron chi connectivity index (χ4n) is 1.67. The second-order valence-corrected chi connectivity index (χ2v) is 4.69. The zero-order valence-corrected chi connectivity index (χ0v) is 11.2. The maximum absolute atomic E-state index is 11.9. The van der Waals surface area contributed by atoms with Gasteiger partial charge in [0.25, 0.3) is 5.91 Å². The van der Waals surface area contributed by atoms with Gasteiger partial charge in [-0.25, -0.2) is 0 Å². The minimum absolute atomic E-state index is 0.0107. The van der Waals surface area contributed by atoms with Gasteiger partial charge in [-0.3, -0.25) is 9.59 Å². The zero-order chi connectivity index (χ0) is 14.4. The molecule has 1 fully saturated rings. The van der Waals surface area contributed by atoms with Crippen molar-refractivity contribution in [3.8, 4) is 5.75 Å². The number of nitrogens with one attached hydrogen (secondary N) is 2. The number of nitrogens with two attached hydrogens (primary N) is 1. The summed E-state index contributed by atoms with van der Waals surface area (Å²) in [6.07, 6.45) is 2.06. The van der Waals surface area contributed by atoms with Crippen LogP contribution in [0.5, 0.6) is 5.75 Å². The Bertz CT molecular complexity index is 486. The molecule has 0 unspecified atom stereocenters. The van der Waals surface area contributed by atoms with Gasteiger partial charge in [-0.05, 0) is 31.0 Å². The Morgan fingerprint density at radius 1 is 1.35 bits per heavy atom. The molecule has 0 radical (unpaired) electrons. The number of amides is 2. The highest BCUT2D eigenvalue weighted by atomic mass is 16.5. The monoisotopic (exact) mass is 277 g/mol. The summed E-state index contributed by atoms with van der Waals surface area (Å²) in [5.41, 5.74) is 5.81. The van der Waals surface area contributed by atoms with Crippen molar-refractivity contribution >= 4 is 11.8 Å². The fraction of sp³-hybridized carbons (Fsp3) is 0.429. The number of carbonyl (C=O) groups is 2. The maximum Gasteiger partial charge on any atom is 0.251 e. The smallest absolute Gasteiger partial charge is 0.251 e. The van der Waals surface area contributed by atoms with Crippen LogP contribution in [0, 0.1) is 0 Å². The zero-order valence-electron chi connectivity index (χ0n) is 11.2. The third kappa shape index (κ3) is 4.55. The predicted octanol–water partition coefficient (Wildman–Crippen LogP) is 0.0325. The van der Waals surface area contributed by atoms with E-state index in [1.165, 1.54) is 0 Å². The van der Waals surface area contributed by atoms with Gasteiger partial charge in [0.15, 0.2) is 0 Å². The van der Waals surface area contributed by atoms with E-state index in [-0.39, 0.29) is 18.4 Å². The topological polar surface area (TPSA) is 93.4 Å². The summed E-state index contributed by atoms with van der Waals surface area (Å²) in [6, 6.07) is 7.08. The van der Waals surface area contributed by atoms with Crippen LogP contribution >= 0.6 is 0 Å². The lowest BCUT2D eigenvalue weighted by Gasteiger charge is -2.08. The molecule has 2 amide bonds. The first-order valence-electron chi connectivity index (χ1n) is 6.69. The van der Waals surface area contributed by atoms with E-state index >= 15 is 0 Å². The first kappa shape index (κ1) is 14.3. The van der Waals surface area contributed by atoms with Crippen LogP contribution in [0.25, 0.3) is 0 Å². The van der Waals surface area contributed by atoms with Crippen LogP contribution in [0.2, 0.25) is 0 Å². The van der Waals surface area contributed by atoms with E-state index < -0.39 is 0 Å². The van der Waals surface area contributed by atoms with Crippen molar-refractivity contribution in [3.63, 3.8) is 0 Å². The van der Waals surface area contributed by atoms with Crippen molar-refractivity contribution in [2.75, 3.05) is 19.7 Å². The summed E-state index contributed by atoms with van der Waals surface area (Å²) in [4.78, 5) is 23.4. The highest BCUT2D eigenvalue weighted by molar-refractivity contribution is 5.96. The summed E-state index contributed by atoms with van der Waals surface area (Å²) in [5.74, 6) is 0.135. The van der Waals surface area contributed by atoms with E-state index in [2.05, 4.69) is 10.6 Å². The quantitative estimate of drug-likeness (QED) is 0.655. The van der Waals surface area contributed by atoms with Gasteiger partial charge < -0.3 is 21.1 Å². The molecule has 2 rings (SSSR count). The molecule has 1 aromatic carbocycles. The van der Waals surface area contributed by atoms with Crippen molar-refractivity contribution in [2.24, 2.45) is 5.73 Å². The van der Waals surface area contributed by atoms with E-state index in [1.807, 2.05) is 0 Å². The van der Waals surface area contributed by atoms with Gasteiger partial charge in [0.1, 0.15) is 12.4 Å². The molecule has 0 bridgehead atoms. The molecule has 6 nitrogen and oxygen atoms in total. The Kier molecular flexibility index (Phi) is 4.95. The molecule has 1 aliphatic rings. The number of rotatable bonds is 7. The Labute approximate surface area is 117 Å². The normalized spacial score (nSPS) is 13.7. The number of benzene rings is 1. The van der Waals surface area contributed by atoms with Gasteiger partial charge in [0.2, 0.25) is 5.91 Å². The van der Waals surface area contributed by atoms with Gasteiger partial charge in [0.05, 0.1) is 6.54 Å². The highest BCUT2D eigenvalue weighted by Gasteiger charge is 2.23. The lowest BCUT2D eigenvalue weighted by Crippen LogP contribution is -2.37. The van der Waals surface area contributed by atoms with Crippen LogP contribution in [-0.4, -0.2) is 37.6 Å². The fourth-order valence-corrected chi connectivity index (χ4v) is 1.67. The predicted molar refractivity (Wildman–Crippen MR) is 74.5 cm³/mol. The SMILES string of the molecule is NCCOc1cccc(C(=O)NCC(=O)NC2CC2)c1. The molecule has 0 heterocycles. The number of hydrogen-bond acceptors (Lipinski definition) is 4. The molecule has 0 saturated heterocycles. The summed E-state index contributed by atoms with van der Waals surface area (Å²) >= 11 is 0. The molecule has 1 aliphatic carbocycles. The Morgan fingerprint density at radius 3 is 2.85 bits per heavy atom. The average molecular weight is 277 g/mol. The lowest BCUT2D eigenvalue weighted by molar-refractivity contribution is -0.120. The van der Waals surface area contributed by atoms with Crippen LogP contribution in [0.3, 0.4) is 0 Å². The minimum Gasteiger partial charge on any atom is -0.492 e. The summed E-state index contributed by atoms with van der Waals surface area (Å²) in [6.45, 7) is 0.801. The second kappa shape index (κ2) is 6.91. The van der Waals surface area contributed by atoms with Crippen LogP contribution in [0.4, 0.5) is 0 Å². The van der Waals surface area contributed by atoms with Crippen LogP contribution in [-0.2, 0) is 4.79 Å². The number of hydrogen-bond donors (Lipinski definition) is 3. The third-order valence-electron chi connectivity index (χ3n) is 2.83. The molecule has 6 heteroatoms. The second-order valence-electron chi connectivity index (χ2n) is 4.69. The van der Waals surface area contributed by atoms with Crippen molar-refractivity contribution < 1.29 is 14.3 Å². The molecule has 20 heavy (non-hydrogen) atoms. The number of ether oxygens (including phenoxy) is 1. The molecule has 4 N–H and O–H groups in total. The Morgan fingerprint density at radius 2 is 2.15 bits per heavy atom. The summed E-state index contributed by atoms with van der Waals surface area (Å²) in [7, 11) is 0. The highest BCUT2D eigenvalue weighted by Crippen LogP contribution is 2.18. The molecule has 1 saturated carbocycles. The van der Waals surface area contributed by atoms with E-state index in [9.17, 15) is 9.59 Å². The summed E-state index contributed by atoms with van der Waals surface area (Å²) < 4.78 is 5.35. The first-order valence-corrected chi connectivity index (χ1v) is 6.69. The molecule has 0 aromatic heterocycles. The molecular formula is C14H19N3O3. The van der Waals surface area contributed by atoms with E-state index in [1.54, 1.807) is 24.3 Å². The summed E-state index contributed by atoms with van der Waals surface area (Å²) in [5, 5.41) is 5.39. The molecule has 1 aromatic rings. The van der Waals surface area contributed by atoms with E-state index in [4.69, 9.17) is 10.5 Å². The Balaban J connectivity index is 1.82. The van der Waals surface area contributed by atoms with Crippen molar-refractivity contribution in [3.05, 3.63) is 29.8 Å². The van der Waals surface area contributed by atoms with Crippen molar-refractivity contribution in [1.82, 2.24) is 10.6 Å². The molecule has 0 spiro atoms.